The molecule has 0 saturated heterocycles. The van der Waals surface area contributed by atoms with Crippen molar-refractivity contribution in [1.29, 1.82) is 0 Å². The minimum atomic E-state index is -0.533. The van der Waals surface area contributed by atoms with Crippen molar-refractivity contribution in [2.24, 2.45) is 5.92 Å². The number of fused-ring (bicyclic) bond motifs is 1. The molecule has 0 radical (unpaired) electrons. The van der Waals surface area contributed by atoms with Crippen LogP contribution in [0.4, 0.5) is 21.7 Å². The number of nitrogens with one attached hydrogen (secondary N) is 3. The maximum absolute atomic E-state index is 12.5. The van der Waals surface area contributed by atoms with E-state index in [2.05, 4.69) is 54.8 Å². The highest BCUT2D eigenvalue weighted by Crippen LogP contribution is 2.39. The molecular formula is C25H27FN8O. The number of terminal acetylenes is 1. The Morgan fingerprint density at radius 2 is 1.91 bits per heavy atom. The molecule has 10 heteroatoms. The highest BCUT2D eigenvalue weighted by molar-refractivity contribution is 5.92. The Labute approximate surface area is 202 Å². The number of carbonyl (C=O) groups excluding carboxylic acids is 1. The largest absolute Gasteiger partial charge is 0.324 e. The Balaban J connectivity index is 0.000000157. The van der Waals surface area contributed by atoms with E-state index < -0.39 is 5.95 Å². The van der Waals surface area contributed by atoms with Crippen molar-refractivity contribution >= 4 is 28.7 Å². The molecule has 0 aliphatic heterocycles. The van der Waals surface area contributed by atoms with Gasteiger partial charge >= 0.3 is 0 Å². The van der Waals surface area contributed by atoms with Crippen LogP contribution >= 0.6 is 0 Å². The summed E-state index contributed by atoms with van der Waals surface area (Å²) in [5.41, 5.74) is 2.71. The summed E-state index contributed by atoms with van der Waals surface area (Å²) in [6, 6.07) is 8.73. The SMILES string of the molecule is C#C.O=C(Nc1ccc(F)nc1)C1CCCC1.c1cc2c(Nc3cc(C4CC4)[nH]n3)ncnn2c1. The van der Waals surface area contributed by atoms with Gasteiger partial charge in [0.15, 0.2) is 11.6 Å². The molecule has 2 aliphatic rings. The summed E-state index contributed by atoms with van der Waals surface area (Å²) in [5.74, 6) is 1.86. The van der Waals surface area contributed by atoms with Gasteiger partial charge in [0.1, 0.15) is 11.8 Å². The first-order valence-electron chi connectivity index (χ1n) is 11.5. The Kier molecular flexibility index (Phi) is 7.67. The van der Waals surface area contributed by atoms with E-state index in [-0.39, 0.29) is 11.8 Å². The van der Waals surface area contributed by atoms with Gasteiger partial charge in [-0.1, -0.05) is 12.8 Å². The van der Waals surface area contributed by atoms with Gasteiger partial charge in [0, 0.05) is 29.8 Å². The van der Waals surface area contributed by atoms with Gasteiger partial charge in [0.05, 0.1) is 11.9 Å². The number of pyridine rings is 1. The van der Waals surface area contributed by atoms with Crippen molar-refractivity contribution in [2.45, 2.75) is 44.4 Å². The summed E-state index contributed by atoms with van der Waals surface area (Å²) >= 11 is 0. The minimum absolute atomic E-state index is 0.0286. The molecule has 4 aromatic rings. The summed E-state index contributed by atoms with van der Waals surface area (Å²) < 4.78 is 14.3. The quantitative estimate of drug-likeness (QED) is 0.286. The second-order valence-electron chi connectivity index (χ2n) is 8.39. The van der Waals surface area contributed by atoms with Crippen LogP contribution in [0.1, 0.15) is 50.1 Å². The lowest BCUT2D eigenvalue weighted by Crippen LogP contribution is -2.20. The van der Waals surface area contributed by atoms with Crippen LogP contribution in [0.3, 0.4) is 0 Å². The second kappa shape index (κ2) is 11.2. The minimum Gasteiger partial charge on any atom is -0.324 e. The number of nitrogens with zero attached hydrogens (tertiary/aromatic N) is 5. The average Bonchev–Trinajstić information content (AvgIpc) is 3.27. The zero-order valence-electron chi connectivity index (χ0n) is 19.2. The topological polar surface area (TPSA) is 113 Å². The molecule has 0 bridgehead atoms. The monoisotopic (exact) mass is 474 g/mol. The molecule has 2 saturated carbocycles. The van der Waals surface area contributed by atoms with Crippen molar-refractivity contribution in [3.05, 3.63) is 60.7 Å². The molecule has 0 unspecified atom stereocenters. The van der Waals surface area contributed by atoms with E-state index in [4.69, 9.17) is 0 Å². The molecule has 2 aliphatic carbocycles. The first-order chi connectivity index (χ1) is 17.2. The predicted molar refractivity (Wildman–Crippen MR) is 132 cm³/mol. The van der Waals surface area contributed by atoms with E-state index in [0.29, 0.717) is 11.6 Å². The van der Waals surface area contributed by atoms with Crippen LogP contribution in [-0.4, -0.2) is 35.7 Å². The van der Waals surface area contributed by atoms with Gasteiger partial charge in [-0.2, -0.15) is 14.6 Å². The maximum atomic E-state index is 12.5. The molecule has 0 aromatic carbocycles. The van der Waals surface area contributed by atoms with Gasteiger partial charge < -0.3 is 10.6 Å². The fourth-order valence-corrected chi connectivity index (χ4v) is 3.97. The van der Waals surface area contributed by atoms with Crippen molar-refractivity contribution in [2.75, 3.05) is 10.6 Å². The number of carbonyl (C=O) groups is 1. The number of rotatable bonds is 5. The number of H-pyrrole nitrogens is 1. The Morgan fingerprint density at radius 1 is 1.11 bits per heavy atom. The Hall–Kier alpha value is -4.26. The van der Waals surface area contributed by atoms with Gasteiger partial charge in [-0.3, -0.25) is 9.89 Å². The standard InChI is InChI=1S/C12H12N6.C11H13FN2O.C2H2/c1-2-10-12(13-7-14-18(10)5-1)15-11-6-9(16-17-11)8-3-4-8;12-10-6-5-9(7-13-10)14-11(15)8-3-1-2-4-8;1-2/h1-2,5-8H,3-4H2,(H2,13,14,15,16,17);5-8H,1-4H2,(H,14,15);1-2H. The van der Waals surface area contributed by atoms with Crippen LogP contribution < -0.4 is 10.6 Å². The summed E-state index contributed by atoms with van der Waals surface area (Å²) in [4.78, 5) is 19.4. The molecule has 4 aromatic heterocycles. The zero-order valence-corrected chi connectivity index (χ0v) is 19.2. The maximum Gasteiger partial charge on any atom is 0.227 e. The third-order valence-corrected chi connectivity index (χ3v) is 5.92. The molecule has 4 heterocycles. The number of anilines is 3. The smallest absolute Gasteiger partial charge is 0.227 e. The molecule has 1 amide bonds. The van der Waals surface area contributed by atoms with Crippen LogP contribution in [0.15, 0.2) is 49.1 Å². The summed E-state index contributed by atoms with van der Waals surface area (Å²) in [6.07, 6.45) is 19.4. The molecule has 35 heavy (non-hydrogen) atoms. The number of aromatic nitrogens is 6. The third kappa shape index (κ3) is 6.20. The summed E-state index contributed by atoms with van der Waals surface area (Å²) in [7, 11) is 0. The van der Waals surface area contributed by atoms with E-state index in [1.54, 1.807) is 4.52 Å². The zero-order chi connectivity index (χ0) is 24.6. The molecule has 180 valence electrons. The molecule has 9 nitrogen and oxygen atoms in total. The van der Waals surface area contributed by atoms with Crippen LogP contribution in [0.5, 0.6) is 0 Å². The lowest BCUT2D eigenvalue weighted by molar-refractivity contribution is -0.119. The average molecular weight is 475 g/mol. The Bertz CT molecular complexity index is 1270. The lowest BCUT2D eigenvalue weighted by atomic mass is 10.1. The van der Waals surface area contributed by atoms with Crippen molar-refractivity contribution < 1.29 is 9.18 Å². The summed E-state index contributed by atoms with van der Waals surface area (Å²) in [5, 5.41) is 17.4. The summed E-state index contributed by atoms with van der Waals surface area (Å²) in [6.45, 7) is 0. The van der Waals surface area contributed by atoms with Gasteiger partial charge in [-0.15, -0.1) is 12.8 Å². The van der Waals surface area contributed by atoms with Crippen LogP contribution in [0, 0.1) is 24.7 Å². The van der Waals surface area contributed by atoms with E-state index in [1.165, 1.54) is 43.2 Å². The van der Waals surface area contributed by atoms with Crippen molar-refractivity contribution in [3.63, 3.8) is 0 Å². The molecular weight excluding hydrogens is 447 g/mol. The van der Waals surface area contributed by atoms with Gasteiger partial charge in [0.2, 0.25) is 11.9 Å². The molecule has 0 spiro atoms. The lowest BCUT2D eigenvalue weighted by Gasteiger charge is -2.09. The Morgan fingerprint density at radius 3 is 2.63 bits per heavy atom. The number of halogens is 1. The normalized spacial score (nSPS) is 14.9. The molecule has 3 N–H and O–H groups in total. The fourth-order valence-electron chi connectivity index (χ4n) is 3.97. The van der Waals surface area contributed by atoms with Gasteiger partial charge in [-0.25, -0.2) is 14.5 Å². The molecule has 2 fully saturated rings. The third-order valence-electron chi connectivity index (χ3n) is 5.92. The van der Waals surface area contributed by atoms with E-state index in [0.717, 1.165) is 42.8 Å². The highest BCUT2D eigenvalue weighted by Gasteiger charge is 2.25. The highest BCUT2D eigenvalue weighted by atomic mass is 19.1. The van der Waals surface area contributed by atoms with Crippen LogP contribution in [0.2, 0.25) is 0 Å². The van der Waals surface area contributed by atoms with E-state index >= 15 is 0 Å². The number of hydrogen-bond donors (Lipinski definition) is 3. The number of amides is 1. The van der Waals surface area contributed by atoms with E-state index in [1.807, 2.05) is 18.3 Å². The first-order valence-corrected chi connectivity index (χ1v) is 11.5. The van der Waals surface area contributed by atoms with Gasteiger partial charge in [0.25, 0.3) is 0 Å². The van der Waals surface area contributed by atoms with Crippen molar-refractivity contribution in [3.8, 4) is 12.8 Å². The second-order valence-corrected chi connectivity index (χ2v) is 8.39. The van der Waals surface area contributed by atoms with Crippen LogP contribution in [0.25, 0.3) is 5.52 Å². The molecule has 6 rings (SSSR count). The van der Waals surface area contributed by atoms with Crippen molar-refractivity contribution in [1.82, 2.24) is 29.8 Å². The predicted octanol–water partition coefficient (Wildman–Crippen LogP) is 4.67. The van der Waals surface area contributed by atoms with E-state index in [9.17, 15) is 9.18 Å². The van der Waals surface area contributed by atoms with Gasteiger partial charge in [-0.05, 0) is 49.9 Å². The first kappa shape index (κ1) is 23.9. The number of hydrogen-bond acceptors (Lipinski definition) is 6. The molecule has 0 atom stereocenters. The van der Waals surface area contributed by atoms with Crippen LogP contribution in [-0.2, 0) is 4.79 Å². The fraction of sp³-hybridized carbons (Fsp3) is 0.320. The number of aromatic amines is 1.